The molecule has 0 aromatic heterocycles. The Morgan fingerprint density at radius 3 is 1.32 bits per heavy atom. The number of rotatable bonds is 9. The molecule has 0 heterocycles. The molecule has 0 atom stereocenters. The first kappa shape index (κ1) is 29.3. The maximum atomic E-state index is 12.8. The highest BCUT2D eigenvalue weighted by atomic mass is 16.6. The number of hydrogen-bond donors (Lipinski definition) is 2. The molecule has 44 heavy (non-hydrogen) atoms. The van der Waals surface area contributed by atoms with Crippen molar-refractivity contribution in [1.29, 1.82) is 0 Å². The fourth-order valence-corrected chi connectivity index (χ4v) is 4.97. The zero-order valence-corrected chi connectivity index (χ0v) is 23.5. The first-order chi connectivity index (χ1) is 21.1. The summed E-state index contributed by atoms with van der Waals surface area (Å²) < 4.78 is 0. The van der Waals surface area contributed by atoms with Crippen LogP contribution in [0, 0.1) is 20.2 Å². The van der Waals surface area contributed by atoms with E-state index in [1.807, 2.05) is 54.6 Å². The SMILES string of the molecule is CC(c1ccccc1)(c1ccc(NC(=O)c2cccc([N+](=O)[O-])c2)cc1)c1ccc(NC(=O)c2cccc([N+](=O)[O-])c2)cc1. The van der Waals surface area contributed by atoms with Crippen LogP contribution in [0.25, 0.3) is 0 Å². The normalized spacial score (nSPS) is 10.9. The van der Waals surface area contributed by atoms with Crippen molar-refractivity contribution in [2.24, 2.45) is 0 Å². The van der Waals surface area contributed by atoms with Crippen molar-refractivity contribution >= 4 is 34.6 Å². The van der Waals surface area contributed by atoms with Gasteiger partial charge in [0.1, 0.15) is 0 Å². The van der Waals surface area contributed by atoms with Crippen LogP contribution in [0.5, 0.6) is 0 Å². The second kappa shape index (κ2) is 12.4. The summed E-state index contributed by atoms with van der Waals surface area (Å²) in [5, 5.41) is 27.8. The molecule has 2 amide bonds. The third kappa shape index (κ3) is 6.19. The number of nitro groups is 2. The molecule has 0 fully saturated rings. The summed E-state index contributed by atoms with van der Waals surface area (Å²) in [6, 6.07) is 35.7. The van der Waals surface area contributed by atoms with E-state index in [-0.39, 0.29) is 22.5 Å². The van der Waals surface area contributed by atoms with Crippen molar-refractivity contribution in [1.82, 2.24) is 0 Å². The average molecular weight is 587 g/mol. The van der Waals surface area contributed by atoms with Gasteiger partial charge in [-0.25, -0.2) is 0 Å². The van der Waals surface area contributed by atoms with Crippen LogP contribution < -0.4 is 10.6 Å². The molecule has 0 aliphatic heterocycles. The summed E-state index contributed by atoms with van der Waals surface area (Å²) in [6.07, 6.45) is 0. The van der Waals surface area contributed by atoms with E-state index in [1.165, 1.54) is 48.5 Å². The van der Waals surface area contributed by atoms with Crippen molar-refractivity contribution in [3.8, 4) is 0 Å². The van der Waals surface area contributed by atoms with E-state index in [0.29, 0.717) is 11.4 Å². The van der Waals surface area contributed by atoms with E-state index in [9.17, 15) is 29.8 Å². The molecule has 2 N–H and O–H groups in total. The summed E-state index contributed by atoms with van der Waals surface area (Å²) in [6.45, 7) is 2.08. The Balaban J connectivity index is 1.39. The molecule has 0 saturated carbocycles. The smallest absolute Gasteiger partial charge is 0.270 e. The van der Waals surface area contributed by atoms with Crippen molar-refractivity contribution in [2.75, 3.05) is 10.6 Å². The number of nitrogens with zero attached hydrogens (tertiary/aromatic N) is 2. The van der Waals surface area contributed by atoms with Gasteiger partial charge in [-0.05, 0) is 60.0 Å². The lowest BCUT2D eigenvalue weighted by Gasteiger charge is -2.32. The highest BCUT2D eigenvalue weighted by molar-refractivity contribution is 6.05. The second-order valence-corrected chi connectivity index (χ2v) is 10.2. The lowest BCUT2D eigenvalue weighted by Crippen LogP contribution is -2.25. The van der Waals surface area contributed by atoms with Gasteiger partial charge in [-0.15, -0.1) is 0 Å². The fourth-order valence-electron chi connectivity index (χ4n) is 4.97. The van der Waals surface area contributed by atoms with E-state index in [0.717, 1.165) is 16.7 Å². The van der Waals surface area contributed by atoms with E-state index in [4.69, 9.17) is 0 Å². The third-order valence-corrected chi connectivity index (χ3v) is 7.43. The molecule has 0 aliphatic carbocycles. The van der Waals surface area contributed by atoms with E-state index < -0.39 is 27.1 Å². The Morgan fingerprint density at radius 2 is 0.932 bits per heavy atom. The van der Waals surface area contributed by atoms with Gasteiger partial charge >= 0.3 is 0 Å². The highest BCUT2D eigenvalue weighted by Gasteiger charge is 2.31. The first-order valence-electron chi connectivity index (χ1n) is 13.5. The van der Waals surface area contributed by atoms with Gasteiger partial charge in [-0.2, -0.15) is 0 Å². The zero-order valence-electron chi connectivity index (χ0n) is 23.5. The largest absolute Gasteiger partial charge is 0.322 e. The Bertz CT molecular complexity index is 1740. The molecule has 5 rings (SSSR count). The summed E-state index contributed by atoms with van der Waals surface area (Å²) in [5.41, 5.74) is 3.34. The van der Waals surface area contributed by atoms with E-state index in [2.05, 4.69) is 17.6 Å². The molecular formula is C34H26N4O6. The van der Waals surface area contributed by atoms with Crippen LogP contribution in [0.2, 0.25) is 0 Å². The summed E-state index contributed by atoms with van der Waals surface area (Å²) in [7, 11) is 0. The zero-order chi connectivity index (χ0) is 31.3. The van der Waals surface area contributed by atoms with Crippen LogP contribution in [0.4, 0.5) is 22.7 Å². The van der Waals surface area contributed by atoms with Gasteiger partial charge in [-0.1, -0.05) is 66.7 Å². The number of non-ortho nitro benzene ring substituents is 2. The van der Waals surface area contributed by atoms with Gasteiger partial charge in [0, 0.05) is 52.2 Å². The molecule has 10 heteroatoms. The van der Waals surface area contributed by atoms with Gasteiger partial charge in [0.2, 0.25) is 0 Å². The van der Waals surface area contributed by atoms with Crippen molar-refractivity contribution in [3.63, 3.8) is 0 Å². The van der Waals surface area contributed by atoms with Crippen molar-refractivity contribution in [2.45, 2.75) is 12.3 Å². The monoisotopic (exact) mass is 586 g/mol. The van der Waals surface area contributed by atoms with Crippen LogP contribution in [-0.2, 0) is 5.41 Å². The third-order valence-electron chi connectivity index (χ3n) is 7.43. The number of anilines is 2. The minimum atomic E-state index is -0.619. The van der Waals surface area contributed by atoms with Crippen LogP contribution in [0.1, 0.15) is 44.3 Å². The lowest BCUT2D eigenvalue weighted by molar-refractivity contribution is -0.385. The number of carbonyl (C=O) groups is 2. The summed E-state index contributed by atoms with van der Waals surface area (Å²) in [5.74, 6) is -0.926. The molecule has 0 aliphatic rings. The highest BCUT2D eigenvalue weighted by Crippen LogP contribution is 2.39. The molecule has 10 nitrogen and oxygen atoms in total. The van der Waals surface area contributed by atoms with Gasteiger partial charge in [0.05, 0.1) is 9.85 Å². The number of nitro benzene ring substituents is 2. The minimum absolute atomic E-state index is 0.166. The topological polar surface area (TPSA) is 144 Å². The Morgan fingerprint density at radius 1 is 0.545 bits per heavy atom. The number of amides is 2. The summed E-state index contributed by atoms with van der Waals surface area (Å²) in [4.78, 5) is 46.6. The predicted molar refractivity (Wildman–Crippen MR) is 167 cm³/mol. The van der Waals surface area contributed by atoms with E-state index >= 15 is 0 Å². The molecule has 0 bridgehead atoms. The van der Waals surface area contributed by atoms with Crippen LogP contribution in [0.15, 0.2) is 127 Å². The van der Waals surface area contributed by atoms with Crippen molar-refractivity contribution in [3.05, 3.63) is 175 Å². The molecular weight excluding hydrogens is 560 g/mol. The molecule has 5 aromatic carbocycles. The first-order valence-corrected chi connectivity index (χ1v) is 13.5. The lowest BCUT2D eigenvalue weighted by atomic mass is 9.71. The van der Waals surface area contributed by atoms with Crippen LogP contribution in [0.3, 0.4) is 0 Å². The van der Waals surface area contributed by atoms with Crippen molar-refractivity contribution < 1.29 is 19.4 Å². The van der Waals surface area contributed by atoms with Crippen LogP contribution >= 0.6 is 0 Å². The average Bonchev–Trinajstić information content (AvgIpc) is 3.05. The standard InChI is InChI=1S/C34H26N4O6/c1-34(25-9-3-2-4-10-25,26-13-17-28(18-14-26)35-32(39)23-7-5-11-30(21-23)37(41)42)27-15-19-29(20-16-27)36-33(40)24-8-6-12-31(22-24)38(43)44/h2-22H,1H3,(H,35,39)(H,36,40). The van der Waals surface area contributed by atoms with E-state index in [1.54, 1.807) is 24.3 Å². The Kier molecular flexibility index (Phi) is 8.25. The molecule has 218 valence electrons. The molecule has 0 spiro atoms. The quantitative estimate of drug-likeness (QED) is 0.105. The summed E-state index contributed by atoms with van der Waals surface area (Å²) >= 11 is 0. The number of hydrogen-bond acceptors (Lipinski definition) is 6. The predicted octanol–water partition coefficient (Wildman–Crippen LogP) is 7.36. The van der Waals surface area contributed by atoms with Gasteiger partial charge in [0.25, 0.3) is 23.2 Å². The van der Waals surface area contributed by atoms with Gasteiger partial charge in [0.15, 0.2) is 0 Å². The second-order valence-electron chi connectivity index (χ2n) is 10.2. The Hall–Kier alpha value is -6.16. The maximum absolute atomic E-state index is 12.8. The molecule has 0 saturated heterocycles. The van der Waals surface area contributed by atoms with Crippen LogP contribution in [-0.4, -0.2) is 21.7 Å². The molecule has 0 unspecified atom stereocenters. The molecule has 5 aromatic rings. The fraction of sp³-hybridized carbons (Fsp3) is 0.0588. The van der Waals surface area contributed by atoms with Gasteiger partial charge in [-0.3, -0.25) is 29.8 Å². The molecule has 0 radical (unpaired) electrons. The Labute approximate surface area is 252 Å². The number of nitrogens with one attached hydrogen (secondary N) is 2. The number of benzene rings is 5. The number of carbonyl (C=O) groups excluding carboxylic acids is 2. The minimum Gasteiger partial charge on any atom is -0.322 e. The maximum Gasteiger partial charge on any atom is 0.270 e. The van der Waals surface area contributed by atoms with Gasteiger partial charge < -0.3 is 10.6 Å².